The van der Waals surface area contributed by atoms with Crippen molar-refractivity contribution >= 4 is 11.8 Å². The number of hydrogen-bond donors (Lipinski definition) is 1. The SMILES string of the molecule is COc1ccc(CO)cc1CN1C(=O)CC(C)(C)CC1=O. The van der Waals surface area contributed by atoms with Gasteiger partial charge in [0, 0.05) is 18.4 Å². The van der Waals surface area contributed by atoms with Gasteiger partial charge >= 0.3 is 0 Å². The summed E-state index contributed by atoms with van der Waals surface area (Å²) in [5.41, 5.74) is 1.18. The lowest BCUT2D eigenvalue weighted by Gasteiger charge is -2.35. The molecule has 1 heterocycles. The molecule has 2 amide bonds. The van der Waals surface area contributed by atoms with Crippen molar-refractivity contribution in [3.05, 3.63) is 29.3 Å². The molecular formula is C16H21NO4. The number of carbonyl (C=O) groups is 2. The van der Waals surface area contributed by atoms with E-state index in [4.69, 9.17) is 4.74 Å². The fourth-order valence-corrected chi connectivity index (χ4v) is 2.61. The lowest BCUT2D eigenvalue weighted by molar-refractivity contribution is -0.153. The second-order valence-electron chi connectivity index (χ2n) is 6.20. The largest absolute Gasteiger partial charge is 0.496 e. The smallest absolute Gasteiger partial charge is 0.230 e. The number of ether oxygens (including phenoxy) is 1. The maximum atomic E-state index is 12.2. The third-order valence-electron chi connectivity index (χ3n) is 3.72. The summed E-state index contributed by atoms with van der Waals surface area (Å²) in [5, 5.41) is 9.22. The number of piperidine rings is 1. The average Bonchev–Trinajstić information content (AvgIpc) is 2.41. The number of rotatable bonds is 4. The Labute approximate surface area is 124 Å². The number of amides is 2. The quantitative estimate of drug-likeness (QED) is 0.860. The Morgan fingerprint density at radius 1 is 1.24 bits per heavy atom. The molecule has 0 aromatic heterocycles. The fraction of sp³-hybridized carbons (Fsp3) is 0.500. The first-order valence-corrected chi connectivity index (χ1v) is 6.96. The average molecular weight is 291 g/mol. The predicted octanol–water partition coefficient (Wildman–Crippen LogP) is 1.86. The summed E-state index contributed by atoms with van der Waals surface area (Å²) >= 11 is 0. The van der Waals surface area contributed by atoms with Gasteiger partial charge in [-0.25, -0.2) is 0 Å². The molecule has 1 aromatic rings. The highest BCUT2D eigenvalue weighted by molar-refractivity contribution is 5.98. The number of nitrogens with zero attached hydrogens (tertiary/aromatic N) is 1. The van der Waals surface area contributed by atoms with Crippen LogP contribution in [0.3, 0.4) is 0 Å². The van der Waals surface area contributed by atoms with Gasteiger partial charge in [-0.15, -0.1) is 0 Å². The summed E-state index contributed by atoms with van der Waals surface area (Å²) in [5.74, 6) is 0.290. The Balaban J connectivity index is 2.25. The van der Waals surface area contributed by atoms with Gasteiger partial charge in [-0.2, -0.15) is 0 Å². The molecule has 5 nitrogen and oxygen atoms in total. The molecule has 5 heteroatoms. The predicted molar refractivity (Wildman–Crippen MR) is 77.5 cm³/mol. The molecule has 1 saturated heterocycles. The van der Waals surface area contributed by atoms with E-state index in [2.05, 4.69) is 0 Å². The first kappa shape index (κ1) is 15.5. The van der Waals surface area contributed by atoms with Crippen molar-refractivity contribution in [3.8, 4) is 5.75 Å². The number of benzene rings is 1. The van der Waals surface area contributed by atoms with Gasteiger partial charge in [-0.1, -0.05) is 19.9 Å². The van der Waals surface area contributed by atoms with Gasteiger partial charge in [0.1, 0.15) is 5.75 Å². The summed E-state index contributed by atoms with van der Waals surface area (Å²) in [4.78, 5) is 25.7. The lowest BCUT2D eigenvalue weighted by atomic mass is 9.81. The van der Waals surface area contributed by atoms with E-state index in [-0.39, 0.29) is 30.4 Å². The van der Waals surface area contributed by atoms with Crippen molar-refractivity contribution in [2.45, 2.75) is 39.8 Å². The van der Waals surface area contributed by atoms with Crippen molar-refractivity contribution in [2.75, 3.05) is 7.11 Å². The Bertz CT molecular complexity index is 545. The van der Waals surface area contributed by atoms with Crippen LogP contribution in [0.1, 0.15) is 37.8 Å². The van der Waals surface area contributed by atoms with Crippen molar-refractivity contribution < 1.29 is 19.4 Å². The van der Waals surface area contributed by atoms with Crippen LogP contribution in [0.15, 0.2) is 18.2 Å². The molecule has 1 fully saturated rings. The number of methoxy groups -OCH3 is 1. The van der Waals surface area contributed by atoms with Crippen molar-refractivity contribution in [1.82, 2.24) is 4.90 Å². The van der Waals surface area contributed by atoms with Gasteiger partial charge in [-0.3, -0.25) is 14.5 Å². The Kier molecular flexibility index (Phi) is 4.32. The van der Waals surface area contributed by atoms with Crippen molar-refractivity contribution in [2.24, 2.45) is 5.41 Å². The molecule has 1 N–H and O–H groups in total. The number of aliphatic hydroxyl groups is 1. The topological polar surface area (TPSA) is 66.8 Å². The van der Waals surface area contributed by atoms with Gasteiger partial charge in [-0.05, 0) is 23.1 Å². The molecule has 0 atom stereocenters. The van der Waals surface area contributed by atoms with E-state index in [1.165, 1.54) is 4.90 Å². The molecule has 1 aromatic carbocycles. The highest BCUT2D eigenvalue weighted by Crippen LogP contribution is 2.33. The second kappa shape index (κ2) is 5.85. The highest BCUT2D eigenvalue weighted by atomic mass is 16.5. The van der Waals surface area contributed by atoms with E-state index in [9.17, 15) is 14.7 Å². The normalized spacial score (nSPS) is 18.0. The van der Waals surface area contributed by atoms with Crippen LogP contribution in [0.4, 0.5) is 0 Å². The van der Waals surface area contributed by atoms with Crippen LogP contribution in [-0.4, -0.2) is 28.9 Å². The minimum Gasteiger partial charge on any atom is -0.496 e. The van der Waals surface area contributed by atoms with Crippen LogP contribution in [0.2, 0.25) is 0 Å². The van der Waals surface area contributed by atoms with Gasteiger partial charge in [0.05, 0.1) is 20.3 Å². The number of imide groups is 1. The molecule has 114 valence electrons. The van der Waals surface area contributed by atoms with Crippen LogP contribution < -0.4 is 4.74 Å². The summed E-state index contributed by atoms with van der Waals surface area (Å²) < 4.78 is 5.27. The summed E-state index contributed by atoms with van der Waals surface area (Å²) in [6.07, 6.45) is 0.724. The molecule has 1 aliphatic rings. The van der Waals surface area contributed by atoms with Crippen LogP contribution >= 0.6 is 0 Å². The van der Waals surface area contributed by atoms with Crippen molar-refractivity contribution in [1.29, 1.82) is 0 Å². The van der Waals surface area contributed by atoms with Crippen LogP contribution in [0, 0.1) is 5.41 Å². The Hall–Kier alpha value is -1.88. The second-order valence-corrected chi connectivity index (χ2v) is 6.20. The van der Waals surface area contributed by atoms with Crippen LogP contribution in [0.5, 0.6) is 5.75 Å². The highest BCUT2D eigenvalue weighted by Gasteiger charge is 2.37. The third kappa shape index (κ3) is 3.42. The molecule has 0 spiro atoms. The summed E-state index contributed by atoms with van der Waals surface area (Å²) in [6, 6.07) is 5.26. The molecule has 0 aliphatic carbocycles. The molecule has 0 saturated carbocycles. The van der Waals surface area contributed by atoms with E-state index in [0.29, 0.717) is 18.6 Å². The molecule has 21 heavy (non-hydrogen) atoms. The van der Waals surface area contributed by atoms with Crippen LogP contribution in [0.25, 0.3) is 0 Å². The number of hydrogen-bond acceptors (Lipinski definition) is 4. The summed E-state index contributed by atoms with van der Waals surface area (Å²) in [7, 11) is 1.54. The fourth-order valence-electron chi connectivity index (χ4n) is 2.61. The number of aliphatic hydroxyl groups excluding tert-OH is 1. The van der Waals surface area contributed by atoms with Gasteiger partial charge < -0.3 is 9.84 Å². The van der Waals surface area contributed by atoms with Gasteiger partial charge in [0.25, 0.3) is 0 Å². The number of likely N-dealkylation sites (tertiary alicyclic amines) is 1. The Morgan fingerprint density at radius 3 is 2.38 bits per heavy atom. The maximum Gasteiger partial charge on any atom is 0.230 e. The zero-order chi connectivity index (χ0) is 15.6. The van der Waals surface area contributed by atoms with E-state index in [0.717, 1.165) is 11.1 Å². The van der Waals surface area contributed by atoms with Gasteiger partial charge in [0.15, 0.2) is 0 Å². The maximum absolute atomic E-state index is 12.2. The lowest BCUT2D eigenvalue weighted by Crippen LogP contribution is -2.45. The molecule has 1 aliphatic heterocycles. The molecule has 0 radical (unpaired) electrons. The minimum absolute atomic E-state index is 0.0914. The van der Waals surface area contributed by atoms with Crippen molar-refractivity contribution in [3.63, 3.8) is 0 Å². The molecule has 0 unspecified atom stereocenters. The number of carbonyl (C=O) groups excluding carboxylic acids is 2. The zero-order valence-electron chi connectivity index (χ0n) is 12.7. The minimum atomic E-state index is -0.276. The molecule has 2 rings (SSSR count). The van der Waals surface area contributed by atoms with Gasteiger partial charge in [0.2, 0.25) is 11.8 Å². The van der Waals surface area contributed by atoms with Crippen LogP contribution in [-0.2, 0) is 22.7 Å². The van der Waals surface area contributed by atoms with E-state index in [1.807, 2.05) is 13.8 Å². The monoisotopic (exact) mass is 291 g/mol. The third-order valence-corrected chi connectivity index (χ3v) is 3.72. The van der Waals surface area contributed by atoms with E-state index >= 15 is 0 Å². The molecule has 0 bridgehead atoms. The molecular weight excluding hydrogens is 270 g/mol. The zero-order valence-corrected chi connectivity index (χ0v) is 12.7. The summed E-state index contributed by atoms with van der Waals surface area (Å²) in [6.45, 7) is 3.94. The first-order chi connectivity index (χ1) is 9.86. The van der Waals surface area contributed by atoms with E-state index in [1.54, 1.807) is 25.3 Å². The standard InChI is InChI=1S/C16H21NO4/c1-16(2)7-14(19)17(15(20)8-16)9-12-6-11(10-18)4-5-13(12)21-3/h4-6,18H,7-10H2,1-3H3. The Morgan fingerprint density at radius 2 is 1.86 bits per heavy atom. The first-order valence-electron chi connectivity index (χ1n) is 6.96. The van der Waals surface area contributed by atoms with E-state index < -0.39 is 0 Å².